The minimum Gasteiger partial charge on any atom is -0.490 e. The Morgan fingerprint density at radius 3 is 2.81 bits per heavy atom. The molecule has 2 heterocycles. The lowest BCUT2D eigenvalue weighted by atomic mass is 10.0. The zero-order chi connectivity index (χ0) is 18.3. The topological polar surface area (TPSA) is 75.7 Å². The van der Waals surface area contributed by atoms with Crippen molar-refractivity contribution in [3.8, 4) is 5.75 Å². The van der Waals surface area contributed by atoms with Gasteiger partial charge in [-0.05, 0) is 42.3 Å². The van der Waals surface area contributed by atoms with Crippen LogP contribution in [0.3, 0.4) is 0 Å². The summed E-state index contributed by atoms with van der Waals surface area (Å²) < 4.78 is 5.58. The number of rotatable bonds is 2. The Labute approximate surface area is 150 Å². The summed E-state index contributed by atoms with van der Waals surface area (Å²) in [7, 11) is 0. The molecule has 2 aromatic carbocycles. The molecule has 0 aliphatic carbocycles. The second-order valence-electron chi connectivity index (χ2n) is 6.46. The highest BCUT2D eigenvalue weighted by atomic mass is 16.5. The predicted molar refractivity (Wildman–Crippen MR) is 95.7 cm³/mol. The molecule has 0 fully saturated rings. The molecular weight excluding hydrogens is 332 g/mol. The van der Waals surface area contributed by atoms with Crippen LogP contribution in [0.5, 0.6) is 5.75 Å². The van der Waals surface area contributed by atoms with Gasteiger partial charge in [-0.3, -0.25) is 14.4 Å². The van der Waals surface area contributed by atoms with Gasteiger partial charge in [-0.25, -0.2) is 0 Å². The number of para-hydroxylation sites is 1. The normalized spacial score (nSPS) is 18.0. The average molecular weight is 350 g/mol. The van der Waals surface area contributed by atoms with Crippen LogP contribution in [0.15, 0.2) is 42.5 Å². The van der Waals surface area contributed by atoms with Crippen LogP contribution < -0.4 is 15.0 Å². The van der Waals surface area contributed by atoms with Crippen LogP contribution in [-0.4, -0.2) is 36.8 Å². The number of nitrogens with one attached hydrogen (secondary N) is 1. The van der Waals surface area contributed by atoms with Crippen LogP contribution in [0.4, 0.5) is 5.69 Å². The lowest BCUT2D eigenvalue weighted by Gasteiger charge is -2.24. The second kappa shape index (κ2) is 6.29. The van der Waals surface area contributed by atoms with Crippen molar-refractivity contribution in [2.24, 2.45) is 0 Å². The van der Waals surface area contributed by atoms with Gasteiger partial charge in [0.1, 0.15) is 18.4 Å². The van der Waals surface area contributed by atoms with E-state index >= 15 is 0 Å². The third-order valence-electron chi connectivity index (χ3n) is 4.80. The molecule has 2 aromatic rings. The Balaban J connectivity index is 1.51. The monoisotopic (exact) mass is 350 g/mol. The summed E-state index contributed by atoms with van der Waals surface area (Å²) in [4.78, 5) is 38.5. The number of ketones is 1. The summed E-state index contributed by atoms with van der Waals surface area (Å²) in [5.74, 6) is 0.0638. The standard InChI is InChI=1S/C20H18N2O4/c1-12(23)22-9-8-13-10-14(6-7-17(13)22)20(25)21-16-11-26-18-5-3-2-4-15(18)19(16)24/h2-7,10,16H,8-9,11H2,1H3,(H,21,25)/t16-/m1/s1. The van der Waals surface area contributed by atoms with Crippen LogP contribution in [-0.2, 0) is 11.2 Å². The molecule has 4 rings (SSSR count). The first-order chi connectivity index (χ1) is 12.5. The number of nitrogens with zero attached hydrogens (tertiary/aromatic N) is 1. The largest absolute Gasteiger partial charge is 0.490 e. The first-order valence-corrected chi connectivity index (χ1v) is 8.52. The Morgan fingerprint density at radius 1 is 1.19 bits per heavy atom. The molecule has 0 radical (unpaired) electrons. The zero-order valence-corrected chi connectivity index (χ0v) is 14.3. The van der Waals surface area contributed by atoms with E-state index in [0.29, 0.717) is 23.4 Å². The molecule has 0 aromatic heterocycles. The molecule has 1 N–H and O–H groups in total. The predicted octanol–water partition coefficient (Wildman–Crippen LogP) is 1.97. The number of ether oxygens (including phenoxy) is 1. The summed E-state index contributed by atoms with van der Waals surface area (Å²) >= 11 is 0. The minimum atomic E-state index is -0.709. The van der Waals surface area contributed by atoms with E-state index < -0.39 is 6.04 Å². The van der Waals surface area contributed by atoms with Gasteiger partial charge < -0.3 is 15.0 Å². The van der Waals surface area contributed by atoms with Gasteiger partial charge in [-0.15, -0.1) is 0 Å². The molecule has 1 atom stereocenters. The number of anilines is 1. The molecule has 26 heavy (non-hydrogen) atoms. The molecule has 0 saturated carbocycles. The maximum Gasteiger partial charge on any atom is 0.251 e. The number of amides is 2. The van der Waals surface area contributed by atoms with Crippen molar-refractivity contribution in [2.45, 2.75) is 19.4 Å². The smallest absolute Gasteiger partial charge is 0.251 e. The maximum absolute atomic E-state index is 12.6. The Kier molecular flexibility index (Phi) is 3.95. The van der Waals surface area contributed by atoms with Crippen LogP contribution >= 0.6 is 0 Å². The SMILES string of the molecule is CC(=O)N1CCc2cc(C(=O)N[C@@H]3COc4ccccc4C3=O)ccc21. The summed E-state index contributed by atoms with van der Waals surface area (Å²) in [6.45, 7) is 2.27. The van der Waals surface area contributed by atoms with E-state index in [1.807, 2.05) is 0 Å². The van der Waals surface area contributed by atoms with Gasteiger partial charge in [0.2, 0.25) is 5.91 Å². The van der Waals surface area contributed by atoms with Crippen molar-refractivity contribution in [3.63, 3.8) is 0 Å². The van der Waals surface area contributed by atoms with E-state index in [-0.39, 0.29) is 24.2 Å². The van der Waals surface area contributed by atoms with E-state index in [1.54, 1.807) is 47.4 Å². The quantitative estimate of drug-likeness (QED) is 0.898. The molecule has 6 heteroatoms. The number of fused-ring (bicyclic) bond motifs is 2. The minimum absolute atomic E-state index is 0.00966. The van der Waals surface area contributed by atoms with E-state index in [1.165, 1.54) is 6.92 Å². The van der Waals surface area contributed by atoms with Gasteiger partial charge in [0.25, 0.3) is 5.91 Å². The lowest BCUT2D eigenvalue weighted by Crippen LogP contribution is -2.47. The van der Waals surface area contributed by atoms with Crippen molar-refractivity contribution >= 4 is 23.3 Å². The summed E-state index contributed by atoms with van der Waals surface area (Å²) in [5.41, 5.74) is 2.76. The van der Waals surface area contributed by atoms with Gasteiger partial charge in [0, 0.05) is 24.7 Å². The highest BCUT2D eigenvalue weighted by molar-refractivity contribution is 6.07. The van der Waals surface area contributed by atoms with Crippen LogP contribution in [0.1, 0.15) is 33.2 Å². The fourth-order valence-corrected chi connectivity index (χ4v) is 3.45. The Bertz CT molecular complexity index is 922. The average Bonchev–Trinajstić information content (AvgIpc) is 3.07. The third-order valence-corrected chi connectivity index (χ3v) is 4.80. The molecular formula is C20H18N2O4. The van der Waals surface area contributed by atoms with Gasteiger partial charge in [0.05, 0.1) is 5.56 Å². The first kappa shape index (κ1) is 16.3. The van der Waals surface area contributed by atoms with Gasteiger partial charge in [0.15, 0.2) is 5.78 Å². The first-order valence-electron chi connectivity index (χ1n) is 8.52. The summed E-state index contributed by atoms with van der Waals surface area (Å²) in [5, 5.41) is 2.76. The second-order valence-corrected chi connectivity index (χ2v) is 6.46. The number of benzene rings is 2. The van der Waals surface area contributed by atoms with Gasteiger partial charge in [-0.2, -0.15) is 0 Å². The molecule has 6 nitrogen and oxygen atoms in total. The Hall–Kier alpha value is -3.15. The molecule has 0 saturated heterocycles. The highest BCUT2D eigenvalue weighted by Gasteiger charge is 2.30. The third kappa shape index (κ3) is 2.73. The van der Waals surface area contributed by atoms with E-state index in [9.17, 15) is 14.4 Å². The zero-order valence-electron chi connectivity index (χ0n) is 14.3. The van der Waals surface area contributed by atoms with Crippen molar-refractivity contribution in [1.29, 1.82) is 0 Å². The van der Waals surface area contributed by atoms with Crippen molar-refractivity contribution in [3.05, 3.63) is 59.2 Å². The van der Waals surface area contributed by atoms with Crippen LogP contribution in [0.25, 0.3) is 0 Å². The maximum atomic E-state index is 12.6. The summed E-state index contributed by atoms with van der Waals surface area (Å²) in [6, 6.07) is 11.6. The van der Waals surface area contributed by atoms with Crippen LogP contribution in [0, 0.1) is 0 Å². The van der Waals surface area contributed by atoms with Gasteiger partial charge >= 0.3 is 0 Å². The molecule has 2 amide bonds. The van der Waals surface area contributed by atoms with Crippen LogP contribution in [0.2, 0.25) is 0 Å². The Morgan fingerprint density at radius 2 is 2.00 bits per heavy atom. The van der Waals surface area contributed by atoms with Crippen molar-refractivity contribution in [1.82, 2.24) is 5.32 Å². The fourth-order valence-electron chi connectivity index (χ4n) is 3.45. The number of carbonyl (C=O) groups excluding carboxylic acids is 3. The van der Waals surface area contributed by atoms with Gasteiger partial charge in [-0.1, -0.05) is 12.1 Å². The summed E-state index contributed by atoms with van der Waals surface area (Å²) in [6.07, 6.45) is 0.717. The molecule has 0 bridgehead atoms. The number of hydrogen-bond donors (Lipinski definition) is 1. The van der Waals surface area contributed by atoms with E-state index in [2.05, 4.69) is 5.32 Å². The fraction of sp³-hybridized carbons (Fsp3) is 0.250. The molecule has 0 spiro atoms. The number of Topliss-reactive ketones (excluding diaryl/α,β-unsaturated/α-hetero) is 1. The van der Waals surface area contributed by atoms with Crippen molar-refractivity contribution < 1.29 is 19.1 Å². The molecule has 2 aliphatic rings. The van der Waals surface area contributed by atoms with E-state index in [4.69, 9.17) is 4.74 Å². The molecule has 2 aliphatic heterocycles. The number of hydrogen-bond acceptors (Lipinski definition) is 4. The molecule has 0 unspecified atom stereocenters. The lowest BCUT2D eigenvalue weighted by molar-refractivity contribution is -0.116. The van der Waals surface area contributed by atoms with E-state index in [0.717, 1.165) is 17.7 Å². The van der Waals surface area contributed by atoms with Crippen molar-refractivity contribution in [2.75, 3.05) is 18.1 Å². The molecule has 132 valence electrons. The number of carbonyl (C=O) groups is 3. The highest BCUT2D eigenvalue weighted by Crippen LogP contribution is 2.29.